The quantitative estimate of drug-likeness (QED) is 0.704. The van der Waals surface area contributed by atoms with E-state index in [1.807, 2.05) is 14.1 Å². The van der Waals surface area contributed by atoms with Crippen LogP contribution in [0.3, 0.4) is 0 Å². The Balaban J connectivity index is 2.66. The lowest BCUT2D eigenvalue weighted by molar-refractivity contribution is 0.0454. The molecule has 0 amide bonds. The van der Waals surface area contributed by atoms with Crippen molar-refractivity contribution in [3.8, 4) is 0 Å². The van der Waals surface area contributed by atoms with E-state index in [0.29, 0.717) is 6.54 Å². The van der Waals surface area contributed by atoms with Crippen molar-refractivity contribution in [3.63, 3.8) is 0 Å². The molecular weight excluding hydrogens is 228 g/mol. The number of hydrogen-bond acceptors (Lipinski definition) is 4. The van der Waals surface area contributed by atoms with E-state index in [-0.39, 0.29) is 17.9 Å². The highest BCUT2D eigenvalue weighted by molar-refractivity contribution is 7.89. The summed E-state index contributed by atoms with van der Waals surface area (Å²) in [5.74, 6) is -0.187. The highest BCUT2D eigenvalue weighted by Crippen LogP contribution is 2.36. The van der Waals surface area contributed by atoms with E-state index < -0.39 is 10.0 Å². The van der Waals surface area contributed by atoms with Gasteiger partial charge in [0.1, 0.15) is 0 Å². The molecule has 96 valence electrons. The molecule has 0 saturated heterocycles. The molecule has 0 aromatic heterocycles. The lowest BCUT2D eigenvalue weighted by Crippen LogP contribution is -2.57. The molecule has 0 aliphatic heterocycles. The number of rotatable bonds is 6. The summed E-state index contributed by atoms with van der Waals surface area (Å²) in [7, 11) is 2.28. The second-order valence-electron chi connectivity index (χ2n) is 4.77. The second kappa shape index (κ2) is 5.00. The van der Waals surface area contributed by atoms with Crippen LogP contribution in [0.4, 0.5) is 0 Å². The van der Waals surface area contributed by atoms with Crippen LogP contribution in [0.1, 0.15) is 19.3 Å². The van der Waals surface area contributed by atoms with E-state index in [0.717, 1.165) is 19.3 Å². The molecule has 0 aromatic carbocycles. The van der Waals surface area contributed by atoms with Crippen LogP contribution in [0.15, 0.2) is 0 Å². The van der Waals surface area contributed by atoms with E-state index in [2.05, 4.69) is 4.90 Å². The normalized spacial score (nSPS) is 20.1. The standard InChI is InChI=1S/C10H22N2O3S/c1-11(2)10(5-4-6-10)9-12(3)16(14,15)8-7-13/h13H,4-9H2,1-3H3. The Morgan fingerprint density at radius 2 is 1.81 bits per heavy atom. The van der Waals surface area contributed by atoms with Crippen LogP contribution < -0.4 is 0 Å². The monoisotopic (exact) mass is 250 g/mol. The first-order chi connectivity index (χ1) is 7.34. The third kappa shape index (κ3) is 2.74. The number of aliphatic hydroxyl groups excluding tert-OH is 1. The summed E-state index contributed by atoms with van der Waals surface area (Å²) in [6, 6.07) is 0. The summed E-state index contributed by atoms with van der Waals surface area (Å²) in [6.45, 7) is 0.198. The molecular formula is C10H22N2O3S. The largest absolute Gasteiger partial charge is 0.395 e. The summed E-state index contributed by atoms with van der Waals surface area (Å²) in [4.78, 5) is 2.11. The smallest absolute Gasteiger partial charge is 0.216 e. The summed E-state index contributed by atoms with van der Waals surface area (Å²) in [6.07, 6.45) is 3.24. The van der Waals surface area contributed by atoms with Gasteiger partial charge in [-0.25, -0.2) is 12.7 Å². The third-order valence-electron chi connectivity index (χ3n) is 3.57. The molecule has 1 aliphatic carbocycles. The van der Waals surface area contributed by atoms with Crippen LogP contribution in [-0.2, 0) is 10.0 Å². The van der Waals surface area contributed by atoms with Gasteiger partial charge in [-0.3, -0.25) is 0 Å². The van der Waals surface area contributed by atoms with Gasteiger partial charge in [0, 0.05) is 19.1 Å². The van der Waals surface area contributed by atoms with Gasteiger partial charge < -0.3 is 10.0 Å². The zero-order valence-electron chi connectivity index (χ0n) is 10.3. The molecule has 0 unspecified atom stereocenters. The topological polar surface area (TPSA) is 60.9 Å². The Morgan fingerprint density at radius 1 is 1.25 bits per heavy atom. The maximum absolute atomic E-state index is 11.7. The molecule has 0 radical (unpaired) electrons. The molecule has 16 heavy (non-hydrogen) atoms. The molecule has 1 fully saturated rings. The van der Waals surface area contributed by atoms with Gasteiger partial charge in [0.05, 0.1) is 12.4 Å². The Morgan fingerprint density at radius 3 is 2.12 bits per heavy atom. The Kier molecular flexibility index (Phi) is 4.34. The minimum Gasteiger partial charge on any atom is -0.395 e. The zero-order chi connectivity index (χ0) is 12.4. The molecule has 0 bridgehead atoms. The lowest BCUT2D eigenvalue weighted by atomic mass is 9.75. The minimum absolute atomic E-state index is 0.00270. The van der Waals surface area contributed by atoms with E-state index >= 15 is 0 Å². The van der Waals surface area contributed by atoms with Crippen molar-refractivity contribution in [1.82, 2.24) is 9.21 Å². The molecule has 1 saturated carbocycles. The Bertz CT molecular complexity index is 323. The average molecular weight is 250 g/mol. The van der Waals surface area contributed by atoms with E-state index in [1.54, 1.807) is 7.05 Å². The summed E-state index contributed by atoms with van der Waals surface area (Å²) >= 11 is 0. The fraction of sp³-hybridized carbons (Fsp3) is 1.00. The van der Waals surface area contributed by atoms with E-state index in [1.165, 1.54) is 4.31 Å². The van der Waals surface area contributed by atoms with Crippen LogP contribution in [-0.4, -0.2) is 68.3 Å². The van der Waals surface area contributed by atoms with Gasteiger partial charge >= 0.3 is 0 Å². The third-order valence-corrected chi connectivity index (χ3v) is 5.35. The maximum Gasteiger partial charge on any atom is 0.216 e. The second-order valence-corrected chi connectivity index (χ2v) is 6.96. The SMILES string of the molecule is CN(C)C1(CN(C)S(=O)(=O)CCO)CCC1. The molecule has 0 spiro atoms. The van der Waals surface area contributed by atoms with Gasteiger partial charge in [0.25, 0.3) is 0 Å². The predicted octanol–water partition coefficient (Wildman–Crippen LogP) is -0.275. The Labute approximate surface area is 98.1 Å². The molecule has 5 nitrogen and oxygen atoms in total. The van der Waals surface area contributed by atoms with Crippen molar-refractivity contribution < 1.29 is 13.5 Å². The maximum atomic E-state index is 11.7. The van der Waals surface area contributed by atoms with Crippen molar-refractivity contribution in [2.75, 3.05) is 40.0 Å². The molecule has 6 heteroatoms. The summed E-state index contributed by atoms with van der Waals surface area (Å²) in [5, 5.41) is 8.71. The molecule has 0 aromatic rings. The first-order valence-electron chi connectivity index (χ1n) is 5.56. The van der Waals surface area contributed by atoms with Crippen molar-refractivity contribution in [3.05, 3.63) is 0 Å². The van der Waals surface area contributed by atoms with Crippen LogP contribution >= 0.6 is 0 Å². The number of likely N-dealkylation sites (N-methyl/N-ethyl adjacent to an activating group) is 2. The fourth-order valence-corrected chi connectivity index (χ4v) is 3.10. The highest BCUT2D eigenvalue weighted by atomic mass is 32.2. The number of nitrogens with zero attached hydrogens (tertiary/aromatic N) is 2. The molecule has 0 heterocycles. The van der Waals surface area contributed by atoms with E-state index in [9.17, 15) is 8.42 Å². The lowest BCUT2D eigenvalue weighted by Gasteiger charge is -2.48. The Hall–Kier alpha value is -0.170. The molecule has 1 N–H and O–H groups in total. The summed E-state index contributed by atoms with van der Waals surface area (Å²) < 4.78 is 24.8. The van der Waals surface area contributed by atoms with Gasteiger partial charge in [-0.1, -0.05) is 0 Å². The molecule has 0 atom stereocenters. The van der Waals surface area contributed by atoms with Crippen LogP contribution in [0, 0.1) is 0 Å². The van der Waals surface area contributed by atoms with Gasteiger partial charge in [-0.05, 0) is 33.4 Å². The highest BCUT2D eigenvalue weighted by Gasteiger charge is 2.41. The van der Waals surface area contributed by atoms with Gasteiger partial charge in [0.15, 0.2) is 0 Å². The van der Waals surface area contributed by atoms with Crippen LogP contribution in [0.2, 0.25) is 0 Å². The van der Waals surface area contributed by atoms with E-state index in [4.69, 9.17) is 5.11 Å². The number of sulfonamides is 1. The van der Waals surface area contributed by atoms with Crippen molar-refractivity contribution in [2.24, 2.45) is 0 Å². The van der Waals surface area contributed by atoms with Crippen molar-refractivity contribution >= 4 is 10.0 Å². The van der Waals surface area contributed by atoms with Gasteiger partial charge in [-0.15, -0.1) is 0 Å². The molecule has 1 rings (SSSR count). The van der Waals surface area contributed by atoms with Crippen molar-refractivity contribution in [2.45, 2.75) is 24.8 Å². The zero-order valence-corrected chi connectivity index (χ0v) is 11.1. The van der Waals surface area contributed by atoms with Gasteiger partial charge in [-0.2, -0.15) is 0 Å². The summed E-state index contributed by atoms with van der Waals surface area (Å²) in [5.41, 5.74) is -0.00270. The average Bonchev–Trinajstić information content (AvgIpc) is 2.09. The first kappa shape index (κ1) is 13.9. The van der Waals surface area contributed by atoms with Gasteiger partial charge in [0.2, 0.25) is 10.0 Å². The number of aliphatic hydroxyl groups is 1. The first-order valence-corrected chi connectivity index (χ1v) is 7.17. The predicted molar refractivity (Wildman–Crippen MR) is 63.8 cm³/mol. The van der Waals surface area contributed by atoms with Crippen LogP contribution in [0.25, 0.3) is 0 Å². The van der Waals surface area contributed by atoms with Crippen LogP contribution in [0.5, 0.6) is 0 Å². The fourth-order valence-electron chi connectivity index (χ4n) is 2.12. The number of hydrogen-bond donors (Lipinski definition) is 1. The van der Waals surface area contributed by atoms with Crippen molar-refractivity contribution in [1.29, 1.82) is 0 Å². The minimum atomic E-state index is -3.30. The molecule has 1 aliphatic rings.